The number of nitrogens with zero attached hydrogens (tertiary/aromatic N) is 3. The van der Waals surface area contributed by atoms with Crippen molar-refractivity contribution in [1.29, 1.82) is 0 Å². The van der Waals surface area contributed by atoms with E-state index in [2.05, 4.69) is 19.3 Å². The lowest BCUT2D eigenvalue weighted by atomic mass is 10.2. The van der Waals surface area contributed by atoms with E-state index in [0.29, 0.717) is 11.1 Å². The first-order valence-electron chi connectivity index (χ1n) is 3.47. The molecule has 13 heavy (non-hydrogen) atoms. The molecule has 2 rings (SSSR count). The number of hydrogen-bond donors (Lipinski definition) is 0. The van der Waals surface area contributed by atoms with Gasteiger partial charge in [0.15, 0.2) is 0 Å². The molecule has 0 bridgehead atoms. The SMILES string of the molecule is COC(=O)c1cncc2snnc12. The molecule has 0 radical (unpaired) electrons. The fourth-order valence-corrected chi connectivity index (χ4v) is 1.52. The van der Waals surface area contributed by atoms with Gasteiger partial charge in [0.1, 0.15) is 11.1 Å². The topological polar surface area (TPSA) is 65.0 Å². The summed E-state index contributed by atoms with van der Waals surface area (Å²) in [6, 6.07) is 0. The van der Waals surface area contributed by atoms with Crippen molar-refractivity contribution in [3.05, 3.63) is 18.0 Å². The molecule has 0 N–H and O–H groups in total. The molecule has 0 aliphatic carbocycles. The summed E-state index contributed by atoms with van der Waals surface area (Å²) < 4.78 is 9.07. The van der Waals surface area contributed by atoms with E-state index >= 15 is 0 Å². The van der Waals surface area contributed by atoms with Crippen LogP contribution in [0.15, 0.2) is 12.4 Å². The van der Waals surface area contributed by atoms with Crippen LogP contribution in [0.2, 0.25) is 0 Å². The second-order valence-electron chi connectivity index (χ2n) is 2.30. The van der Waals surface area contributed by atoms with E-state index in [1.54, 1.807) is 6.20 Å². The molecule has 0 fully saturated rings. The van der Waals surface area contributed by atoms with Gasteiger partial charge >= 0.3 is 5.97 Å². The van der Waals surface area contributed by atoms with E-state index in [4.69, 9.17) is 0 Å². The van der Waals surface area contributed by atoms with Crippen LogP contribution in [0.3, 0.4) is 0 Å². The molecular weight excluding hydrogens is 190 g/mol. The Labute approximate surface area is 77.5 Å². The Kier molecular flexibility index (Phi) is 1.90. The molecule has 0 aliphatic rings. The molecule has 0 saturated heterocycles. The first kappa shape index (κ1) is 8.06. The summed E-state index contributed by atoms with van der Waals surface area (Å²) in [5, 5.41) is 3.82. The van der Waals surface area contributed by atoms with Crippen LogP contribution in [-0.4, -0.2) is 27.7 Å². The van der Waals surface area contributed by atoms with Gasteiger partial charge in [0, 0.05) is 12.4 Å². The zero-order valence-electron chi connectivity index (χ0n) is 6.72. The van der Waals surface area contributed by atoms with Crippen molar-refractivity contribution in [2.24, 2.45) is 0 Å². The van der Waals surface area contributed by atoms with Crippen molar-refractivity contribution in [3.63, 3.8) is 0 Å². The average molecular weight is 195 g/mol. The van der Waals surface area contributed by atoms with Crippen molar-refractivity contribution >= 4 is 27.7 Å². The fraction of sp³-hybridized carbons (Fsp3) is 0.143. The first-order valence-corrected chi connectivity index (χ1v) is 4.24. The smallest absolute Gasteiger partial charge is 0.341 e. The van der Waals surface area contributed by atoms with Gasteiger partial charge in [-0.05, 0) is 11.5 Å². The highest BCUT2D eigenvalue weighted by atomic mass is 32.1. The van der Waals surface area contributed by atoms with Crippen molar-refractivity contribution in [3.8, 4) is 0 Å². The quantitative estimate of drug-likeness (QED) is 0.632. The molecule has 0 saturated carbocycles. The van der Waals surface area contributed by atoms with Gasteiger partial charge in [-0.25, -0.2) is 4.79 Å². The fourth-order valence-electron chi connectivity index (χ4n) is 0.969. The van der Waals surface area contributed by atoms with Gasteiger partial charge in [-0.15, -0.1) is 5.10 Å². The number of hydrogen-bond acceptors (Lipinski definition) is 6. The summed E-state index contributed by atoms with van der Waals surface area (Å²) in [5.41, 5.74) is 0.903. The zero-order chi connectivity index (χ0) is 9.26. The summed E-state index contributed by atoms with van der Waals surface area (Å²) in [4.78, 5) is 15.1. The van der Waals surface area contributed by atoms with E-state index in [1.165, 1.54) is 24.8 Å². The molecule has 2 aromatic rings. The molecule has 5 nitrogen and oxygen atoms in total. The van der Waals surface area contributed by atoms with E-state index in [0.717, 1.165) is 4.70 Å². The third kappa shape index (κ3) is 1.25. The summed E-state index contributed by atoms with van der Waals surface area (Å²) in [5.74, 6) is -0.439. The Morgan fingerprint density at radius 1 is 1.54 bits per heavy atom. The van der Waals surface area contributed by atoms with E-state index in [1.807, 2.05) is 0 Å². The highest BCUT2D eigenvalue weighted by molar-refractivity contribution is 7.12. The normalized spacial score (nSPS) is 10.2. The molecule has 2 heterocycles. The third-order valence-electron chi connectivity index (χ3n) is 1.57. The number of rotatable bonds is 1. The summed E-state index contributed by atoms with van der Waals surface area (Å²) in [6.45, 7) is 0. The Morgan fingerprint density at radius 2 is 2.38 bits per heavy atom. The number of methoxy groups -OCH3 is 1. The van der Waals surface area contributed by atoms with Crippen LogP contribution >= 0.6 is 11.5 Å². The maximum Gasteiger partial charge on any atom is 0.341 e. The Hall–Kier alpha value is -1.56. The predicted octanol–water partition coefficient (Wildman–Crippen LogP) is 0.873. The molecule has 0 aromatic carbocycles. The van der Waals surface area contributed by atoms with Crippen LogP contribution in [0.1, 0.15) is 10.4 Å². The lowest BCUT2D eigenvalue weighted by Gasteiger charge is -1.96. The number of ether oxygens (including phenoxy) is 1. The molecule has 0 unspecified atom stereocenters. The standard InChI is InChI=1S/C7H5N3O2S/c1-12-7(11)4-2-8-3-5-6(4)9-10-13-5/h2-3H,1H3. The summed E-state index contributed by atoms with van der Waals surface area (Å²) in [6.07, 6.45) is 3.04. The number of pyridine rings is 1. The van der Waals surface area contributed by atoms with Crippen molar-refractivity contribution < 1.29 is 9.53 Å². The lowest BCUT2D eigenvalue weighted by Crippen LogP contribution is -2.02. The molecule has 0 aliphatic heterocycles. The third-order valence-corrected chi connectivity index (χ3v) is 2.23. The van der Waals surface area contributed by atoms with E-state index in [-0.39, 0.29) is 0 Å². The van der Waals surface area contributed by atoms with E-state index in [9.17, 15) is 4.79 Å². The minimum absolute atomic E-state index is 0.355. The monoisotopic (exact) mass is 195 g/mol. The zero-order valence-corrected chi connectivity index (χ0v) is 7.54. The van der Waals surface area contributed by atoms with Crippen molar-refractivity contribution in [1.82, 2.24) is 14.6 Å². The number of carbonyl (C=O) groups excluding carboxylic acids is 1. The molecule has 0 atom stereocenters. The van der Waals surface area contributed by atoms with Gasteiger partial charge in [0.25, 0.3) is 0 Å². The second-order valence-corrected chi connectivity index (χ2v) is 3.08. The Balaban J connectivity index is 2.67. The van der Waals surface area contributed by atoms with Crippen LogP contribution in [0, 0.1) is 0 Å². The summed E-state index contributed by atoms with van der Waals surface area (Å²) in [7, 11) is 1.32. The number of fused-ring (bicyclic) bond motifs is 1. The highest BCUT2D eigenvalue weighted by Gasteiger charge is 2.12. The van der Waals surface area contributed by atoms with Crippen LogP contribution in [0.5, 0.6) is 0 Å². The van der Waals surface area contributed by atoms with Gasteiger partial charge in [-0.1, -0.05) is 4.49 Å². The van der Waals surface area contributed by atoms with Crippen LogP contribution in [-0.2, 0) is 4.74 Å². The largest absolute Gasteiger partial charge is 0.465 e. The molecule has 0 amide bonds. The summed E-state index contributed by atoms with van der Waals surface area (Å²) >= 11 is 1.20. The minimum atomic E-state index is -0.439. The molecule has 2 aromatic heterocycles. The Morgan fingerprint density at radius 3 is 3.15 bits per heavy atom. The van der Waals surface area contributed by atoms with Crippen molar-refractivity contribution in [2.45, 2.75) is 0 Å². The molecular formula is C7H5N3O2S. The predicted molar refractivity (Wildman–Crippen MR) is 46.5 cm³/mol. The highest BCUT2D eigenvalue weighted by Crippen LogP contribution is 2.17. The van der Waals surface area contributed by atoms with E-state index < -0.39 is 5.97 Å². The lowest BCUT2D eigenvalue weighted by molar-refractivity contribution is 0.0602. The molecule has 0 spiro atoms. The van der Waals surface area contributed by atoms with Gasteiger partial charge < -0.3 is 4.74 Å². The number of aromatic nitrogens is 3. The van der Waals surface area contributed by atoms with Gasteiger partial charge in [-0.2, -0.15) is 0 Å². The van der Waals surface area contributed by atoms with Gasteiger partial charge in [-0.3, -0.25) is 4.98 Å². The van der Waals surface area contributed by atoms with Crippen molar-refractivity contribution in [2.75, 3.05) is 7.11 Å². The number of carbonyl (C=O) groups is 1. The average Bonchev–Trinajstić information content (AvgIpc) is 2.63. The first-order chi connectivity index (χ1) is 6.33. The maximum atomic E-state index is 11.2. The Bertz CT molecular complexity index is 454. The van der Waals surface area contributed by atoms with Crippen LogP contribution in [0.25, 0.3) is 10.2 Å². The van der Waals surface area contributed by atoms with Crippen LogP contribution < -0.4 is 0 Å². The molecule has 66 valence electrons. The van der Waals surface area contributed by atoms with Crippen LogP contribution in [0.4, 0.5) is 0 Å². The number of esters is 1. The van der Waals surface area contributed by atoms with Gasteiger partial charge in [0.2, 0.25) is 0 Å². The molecule has 6 heteroatoms. The van der Waals surface area contributed by atoms with Gasteiger partial charge in [0.05, 0.1) is 11.8 Å². The maximum absolute atomic E-state index is 11.2. The minimum Gasteiger partial charge on any atom is -0.465 e. The second kappa shape index (κ2) is 3.06.